The first-order valence-electron chi connectivity index (χ1n) is 6.44. The third-order valence-electron chi connectivity index (χ3n) is 3.71. The molecule has 1 aliphatic rings. The first kappa shape index (κ1) is 13.3. The summed E-state index contributed by atoms with van der Waals surface area (Å²) in [5, 5.41) is 5.55. The van der Waals surface area contributed by atoms with Gasteiger partial charge >= 0.3 is 0 Å². The van der Waals surface area contributed by atoms with Gasteiger partial charge in [-0.15, -0.1) is 11.3 Å². The number of nitrogens with one attached hydrogen (secondary N) is 1. The van der Waals surface area contributed by atoms with Crippen molar-refractivity contribution in [1.82, 2.24) is 5.32 Å². The van der Waals surface area contributed by atoms with E-state index in [1.54, 1.807) is 23.5 Å². The second-order valence-electron chi connectivity index (χ2n) is 4.93. The Hall–Kier alpha value is -0.710. The molecule has 1 N–H and O–H groups in total. The summed E-state index contributed by atoms with van der Waals surface area (Å²) in [7, 11) is 0. The highest BCUT2D eigenvalue weighted by atomic mass is 79.9. The molecule has 1 aromatic carbocycles. The summed E-state index contributed by atoms with van der Waals surface area (Å²) in [6, 6.07) is 9.23. The summed E-state index contributed by atoms with van der Waals surface area (Å²) in [5.74, 6) is 0.698. The van der Waals surface area contributed by atoms with Gasteiger partial charge in [0.05, 0.1) is 0 Å². The molecule has 2 atom stereocenters. The lowest BCUT2D eigenvalue weighted by Gasteiger charge is -2.32. The van der Waals surface area contributed by atoms with E-state index < -0.39 is 0 Å². The molecule has 0 saturated carbocycles. The molecular weight excluding hydrogens is 325 g/mol. The Bertz CT molecular complexity index is 569. The topological polar surface area (TPSA) is 12.0 Å². The maximum atomic E-state index is 13.4. The fourth-order valence-electron chi connectivity index (χ4n) is 2.81. The van der Waals surface area contributed by atoms with Crippen molar-refractivity contribution in [3.05, 3.63) is 56.4 Å². The highest BCUT2D eigenvalue weighted by Crippen LogP contribution is 2.40. The number of hydrogen-bond donors (Lipinski definition) is 1. The molecule has 1 saturated heterocycles. The predicted octanol–water partition coefficient (Wildman–Crippen LogP) is 4.51. The van der Waals surface area contributed by atoms with Crippen LogP contribution in [-0.2, 0) is 0 Å². The molecule has 0 amide bonds. The van der Waals surface area contributed by atoms with E-state index in [4.69, 9.17) is 0 Å². The van der Waals surface area contributed by atoms with E-state index in [2.05, 4.69) is 32.7 Å². The average Bonchev–Trinajstić information content (AvgIpc) is 2.85. The van der Waals surface area contributed by atoms with E-state index in [0.717, 1.165) is 29.5 Å². The van der Waals surface area contributed by atoms with Crippen molar-refractivity contribution in [3.63, 3.8) is 0 Å². The molecule has 1 aromatic heterocycles. The van der Waals surface area contributed by atoms with E-state index in [0.29, 0.717) is 11.8 Å². The van der Waals surface area contributed by atoms with Crippen molar-refractivity contribution in [2.45, 2.75) is 18.3 Å². The van der Waals surface area contributed by atoms with Crippen LogP contribution in [-0.4, -0.2) is 13.1 Å². The molecule has 4 heteroatoms. The van der Waals surface area contributed by atoms with Crippen molar-refractivity contribution >= 4 is 27.3 Å². The van der Waals surface area contributed by atoms with Crippen LogP contribution in [0.1, 0.15) is 28.7 Å². The Kier molecular flexibility index (Phi) is 4.01. The molecule has 2 heterocycles. The smallest absolute Gasteiger partial charge is 0.123 e. The van der Waals surface area contributed by atoms with Gasteiger partial charge in [0.15, 0.2) is 0 Å². The van der Waals surface area contributed by atoms with Gasteiger partial charge in [0, 0.05) is 33.1 Å². The first-order chi connectivity index (χ1) is 9.24. The molecule has 2 unspecified atom stereocenters. The van der Waals surface area contributed by atoms with Crippen molar-refractivity contribution in [2.24, 2.45) is 0 Å². The Morgan fingerprint density at radius 1 is 1.26 bits per heavy atom. The molecule has 1 aliphatic heterocycles. The fraction of sp³-hybridized carbons (Fsp3) is 0.333. The summed E-state index contributed by atoms with van der Waals surface area (Å²) in [5.41, 5.74) is 1.10. The van der Waals surface area contributed by atoms with Crippen molar-refractivity contribution < 1.29 is 4.39 Å². The van der Waals surface area contributed by atoms with Gasteiger partial charge in [0.25, 0.3) is 0 Å². The number of halogens is 2. The Labute approximate surface area is 125 Å². The number of piperidine rings is 1. The molecule has 0 bridgehead atoms. The molecule has 0 spiro atoms. The van der Waals surface area contributed by atoms with Gasteiger partial charge in [0.2, 0.25) is 0 Å². The van der Waals surface area contributed by atoms with Gasteiger partial charge in [-0.05, 0) is 52.7 Å². The lowest BCUT2D eigenvalue weighted by molar-refractivity contribution is 0.407. The normalized spacial score (nSPS) is 23.5. The van der Waals surface area contributed by atoms with Crippen LogP contribution in [0.15, 0.2) is 40.2 Å². The van der Waals surface area contributed by atoms with Crippen molar-refractivity contribution in [2.75, 3.05) is 13.1 Å². The number of hydrogen-bond acceptors (Lipinski definition) is 2. The van der Waals surface area contributed by atoms with Crippen LogP contribution < -0.4 is 5.32 Å². The molecule has 2 aromatic rings. The van der Waals surface area contributed by atoms with Crippen LogP contribution in [0.2, 0.25) is 0 Å². The number of benzene rings is 1. The van der Waals surface area contributed by atoms with E-state index in [1.165, 1.54) is 10.9 Å². The highest BCUT2D eigenvalue weighted by Gasteiger charge is 2.28. The van der Waals surface area contributed by atoms with Crippen LogP contribution in [0.3, 0.4) is 0 Å². The molecule has 19 heavy (non-hydrogen) atoms. The Morgan fingerprint density at radius 2 is 2.16 bits per heavy atom. The van der Waals surface area contributed by atoms with Crippen LogP contribution in [0, 0.1) is 5.82 Å². The van der Waals surface area contributed by atoms with Gasteiger partial charge in [-0.2, -0.15) is 0 Å². The van der Waals surface area contributed by atoms with Crippen LogP contribution in [0.25, 0.3) is 0 Å². The quantitative estimate of drug-likeness (QED) is 0.848. The van der Waals surface area contributed by atoms with Gasteiger partial charge in [0.1, 0.15) is 5.82 Å². The number of thiophene rings is 1. The number of rotatable bonds is 2. The third kappa shape index (κ3) is 2.91. The maximum Gasteiger partial charge on any atom is 0.123 e. The summed E-state index contributed by atoms with van der Waals surface area (Å²) in [6.07, 6.45) is 1.11. The minimum absolute atomic E-state index is 0.144. The lowest BCUT2D eigenvalue weighted by Crippen LogP contribution is -2.33. The van der Waals surface area contributed by atoms with E-state index in [9.17, 15) is 4.39 Å². The minimum Gasteiger partial charge on any atom is -0.316 e. The minimum atomic E-state index is -0.144. The largest absolute Gasteiger partial charge is 0.316 e. The monoisotopic (exact) mass is 339 g/mol. The van der Waals surface area contributed by atoms with Gasteiger partial charge in [-0.1, -0.05) is 12.1 Å². The molecule has 1 fully saturated rings. The van der Waals surface area contributed by atoms with E-state index in [-0.39, 0.29) is 5.82 Å². The molecule has 1 nitrogen and oxygen atoms in total. The molecular formula is C15H15BrFNS. The van der Waals surface area contributed by atoms with Gasteiger partial charge < -0.3 is 5.32 Å². The molecule has 0 radical (unpaired) electrons. The van der Waals surface area contributed by atoms with Crippen molar-refractivity contribution in [3.8, 4) is 0 Å². The van der Waals surface area contributed by atoms with E-state index >= 15 is 0 Å². The average molecular weight is 340 g/mol. The van der Waals surface area contributed by atoms with Gasteiger partial charge in [-0.3, -0.25) is 0 Å². The SMILES string of the molecule is Fc1cccc(C2CNCCC2c2cc(Br)cs2)c1. The first-order valence-corrected chi connectivity index (χ1v) is 8.11. The van der Waals surface area contributed by atoms with E-state index in [1.807, 2.05) is 6.07 Å². The summed E-state index contributed by atoms with van der Waals surface area (Å²) in [4.78, 5) is 1.39. The summed E-state index contributed by atoms with van der Waals surface area (Å²) < 4.78 is 14.6. The fourth-order valence-corrected chi connectivity index (χ4v) is 4.46. The summed E-state index contributed by atoms with van der Waals surface area (Å²) >= 11 is 5.31. The van der Waals surface area contributed by atoms with Crippen molar-refractivity contribution in [1.29, 1.82) is 0 Å². The summed E-state index contributed by atoms with van der Waals surface area (Å²) in [6.45, 7) is 1.95. The van der Waals surface area contributed by atoms with Crippen LogP contribution >= 0.6 is 27.3 Å². The zero-order valence-corrected chi connectivity index (χ0v) is 12.8. The standard InChI is InChI=1S/C15H15BrFNS/c16-11-7-15(19-9-11)13-4-5-18-8-14(13)10-2-1-3-12(17)6-10/h1-3,6-7,9,13-14,18H,4-5,8H2. The predicted molar refractivity (Wildman–Crippen MR) is 81.4 cm³/mol. The Balaban J connectivity index is 1.93. The van der Waals surface area contributed by atoms with Gasteiger partial charge in [-0.25, -0.2) is 4.39 Å². The van der Waals surface area contributed by atoms with Crippen LogP contribution in [0.4, 0.5) is 4.39 Å². The van der Waals surface area contributed by atoms with Crippen LogP contribution in [0.5, 0.6) is 0 Å². The second-order valence-corrected chi connectivity index (χ2v) is 6.79. The second kappa shape index (κ2) is 5.73. The maximum absolute atomic E-state index is 13.4. The molecule has 3 rings (SSSR count). The lowest BCUT2D eigenvalue weighted by atomic mass is 9.80. The Morgan fingerprint density at radius 3 is 2.89 bits per heavy atom. The highest BCUT2D eigenvalue weighted by molar-refractivity contribution is 9.10. The molecule has 0 aliphatic carbocycles. The zero-order chi connectivity index (χ0) is 13.2. The molecule has 100 valence electrons. The zero-order valence-electron chi connectivity index (χ0n) is 10.4. The third-order valence-corrected chi connectivity index (χ3v) is 5.54.